The first-order valence-electron chi connectivity index (χ1n) is 8.38. The van der Waals surface area contributed by atoms with Crippen LogP contribution in [-0.2, 0) is 4.79 Å². The average molecular weight is 344 g/mol. The Labute approximate surface area is 147 Å². The Hall–Kier alpha value is -2.07. The molecule has 0 radical (unpaired) electrons. The molecule has 1 aliphatic rings. The first-order chi connectivity index (χ1) is 11.7. The molecule has 1 fully saturated rings. The lowest BCUT2D eigenvalue weighted by Crippen LogP contribution is -2.37. The number of hydrogen-bond acceptors (Lipinski definition) is 2. The van der Waals surface area contributed by atoms with Crippen LogP contribution in [0.4, 0.5) is 0 Å². The zero-order valence-electron chi connectivity index (χ0n) is 13.8. The third-order valence-electron chi connectivity index (χ3n) is 4.56. The number of likely N-dealkylation sites (tertiary alicyclic amines) is 1. The maximum Gasteiger partial charge on any atom is 0.226 e. The standard InChI is InChI=1S/C19H22ClN3O/c1-2-3-8-19(24)23-11-9-14(10-12-23)17-13-18(22-21-17)15-6-4-5-7-16(15)20/h2-7,13-14H,8-12H2,1H3,(H,21,22)/b3-2+. The molecule has 2 aromatic rings. The number of hydrogen-bond donors (Lipinski definition) is 1. The SMILES string of the molecule is C/C=C/CC(=O)N1CCC(c2cc(-c3ccccc3Cl)n[nH]2)CC1. The molecule has 3 rings (SSSR count). The van der Waals surface area contributed by atoms with Gasteiger partial charge in [-0.25, -0.2) is 0 Å². The van der Waals surface area contributed by atoms with Gasteiger partial charge in [-0.1, -0.05) is 42.0 Å². The summed E-state index contributed by atoms with van der Waals surface area (Å²) in [5.41, 5.74) is 2.95. The van der Waals surface area contributed by atoms with E-state index in [2.05, 4.69) is 16.3 Å². The predicted molar refractivity (Wildman–Crippen MR) is 97.0 cm³/mol. The fourth-order valence-corrected chi connectivity index (χ4v) is 3.37. The minimum Gasteiger partial charge on any atom is -0.342 e. The summed E-state index contributed by atoms with van der Waals surface area (Å²) in [6.07, 6.45) is 6.27. The van der Waals surface area contributed by atoms with Gasteiger partial charge >= 0.3 is 0 Å². The highest BCUT2D eigenvalue weighted by Crippen LogP contribution is 2.31. The molecule has 0 atom stereocenters. The third kappa shape index (κ3) is 3.70. The summed E-state index contributed by atoms with van der Waals surface area (Å²) < 4.78 is 0. The predicted octanol–water partition coefficient (Wildman–Crippen LogP) is 4.40. The second kappa shape index (κ2) is 7.67. The lowest BCUT2D eigenvalue weighted by molar-refractivity contribution is -0.131. The molecule has 1 N–H and O–H groups in total. The number of allylic oxidation sites excluding steroid dienone is 1. The summed E-state index contributed by atoms with van der Waals surface area (Å²) in [5.74, 6) is 0.632. The van der Waals surface area contributed by atoms with Crippen LogP contribution in [0.3, 0.4) is 0 Å². The van der Waals surface area contributed by atoms with Gasteiger partial charge in [0, 0.05) is 36.7 Å². The van der Waals surface area contributed by atoms with E-state index in [-0.39, 0.29) is 5.91 Å². The summed E-state index contributed by atoms with van der Waals surface area (Å²) in [5, 5.41) is 8.28. The number of aromatic amines is 1. The van der Waals surface area contributed by atoms with Crippen molar-refractivity contribution in [2.45, 2.75) is 32.1 Å². The Bertz CT molecular complexity index is 730. The van der Waals surface area contributed by atoms with Crippen molar-refractivity contribution in [1.29, 1.82) is 0 Å². The van der Waals surface area contributed by atoms with Gasteiger partial charge in [-0.3, -0.25) is 9.89 Å². The second-order valence-electron chi connectivity index (χ2n) is 6.12. The second-order valence-corrected chi connectivity index (χ2v) is 6.52. The van der Waals surface area contributed by atoms with Crippen LogP contribution in [0.15, 0.2) is 42.5 Å². The van der Waals surface area contributed by atoms with E-state index < -0.39 is 0 Å². The van der Waals surface area contributed by atoms with Crippen molar-refractivity contribution in [2.24, 2.45) is 0 Å². The zero-order chi connectivity index (χ0) is 16.9. The number of nitrogens with one attached hydrogen (secondary N) is 1. The van der Waals surface area contributed by atoms with Crippen molar-refractivity contribution in [3.63, 3.8) is 0 Å². The third-order valence-corrected chi connectivity index (χ3v) is 4.89. The van der Waals surface area contributed by atoms with Gasteiger partial charge in [-0.15, -0.1) is 0 Å². The van der Waals surface area contributed by atoms with Crippen LogP contribution in [0, 0.1) is 0 Å². The van der Waals surface area contributed by atoms with Crippen LogP contribution in [0.1, 0.15) is 37.8 Å². The zero-order valence-corrected chi connectivity index (χ0v) is 14.6. The fraction of sp³-hybridized carbons (Fsp3) is 0.368. The van der Waals surface area contributed by atoms with Gasteiger partial charge in [0.2, 0.25) is 5.91 Å². The number of amides is 1. The van der Waals surface area contributed by atoms with Crippen molar-refractivity contribution in [3.8, 4) is 11.3 Å². The van der Waals surface area contributed by atoms with Crippen LogP contribution >= 0.6 is 11.6 Å². The molecule has 1 amide bonds. The van der Waals surface area contributed by atoms with E-state index in [1.54, 1.807) is 0 Å². The Morgan fingerprint density at radius 1 is 1.38 bits per heavy atom. The topological polar surface area (TPSA) is 49.0 Å². The lowest BCUT2D eigenvalue weighted by Gasteiger charge is -2.31. The van der Waals surface area contributed by atoms with Crippen LogP contribution in [0.5, 0.6) is 0 Å². The first kappa shape index (κ1) is 16.8. The Kier molecular flexibility index (Phi) is 5.36. The van der Waals surface area contributed by atoms with E-state index >= 15 is 0 Å². The van der Waals surface area contributed by atoms with E-state index in [0.717, 1.165) is 42.9 Å². The number of nitrogens with zero attached hydrogens (tertiary/aromatic N) is 2. The van der Waals surface area contributed by atoms with E-state index in [0.29, 0.717) is 17.4 Å². The summed E-state index contributed by atoms with van der Waals surface area (Å²) in [4.78, 5) is 14.0. The molecule has 2 heterocycles. The Balaban J connectivity index is 1.63. The highest BCUT2D eigenvalue weighted by Gasteiger charge is 2.24. The number of benzene rings is 1. The number of carbonyl (C=O) groups excluding carboxylic acids is 1. The molecule has 0 aliphatic carbocycles. The van der Waals surface area contributed by atoms with Crippen LogP contribution < -0.4 is 0 Å². The molecule has 1 aliphatic heterocycles. The monoisotopic (exact) mass is 343 g/mol. The first-order valence-corrected chi connectivity index (χ1v) is 8.76. The molecule has 1 aromatic heterocycles. The Morgan fingerprint density at radius 2 is 2.12 bits per heavy atom. The maximum absolute atomic E-state index is 12.1. The molecule has 0 spiro atoms. The van der Waals surface area contributed by atoms with Crippen molar-refractivity contribution < 1.29 is 4.79 Å². The molecule has 0 saturated carbocycles. The number of H-pyrrole nitrogens is 1. The van der Waals surface area contributed by atoms with Gasteiger partial charge in [0.25, 0.3) is 0 Å². The molecular weight excluding hydrogens is 322 g/mol. The van der Waals surface area contributed by atoms with Crippen LogP contribution in [-0.4, -0.2) is 34.1 Å². The van der Waals surface area contributed by atoms with Crippen molar-refractivity contribution >= 4 is 17.5 Å². The maximum atomic E-state index is 12.1. The smallest absolute Gasteiger partial charge is 0.226 e. The number of halogens is 1. The minimum absolute atomic E-state index is 0.216. The van der Waals surface area contributed by atoms with Crippen molar-refractivity contribution in [1.82, 2.24) is 15.1 Å². The molecule has 126 valence electrons. The summed E-state index contributed by atoms with van der Waals surface area (Å²) >= 11 is 6.25. The highest BCUT2D eigenvalue weighted by molar-refractivity contribution is 6.33. The van der Waals surface area contributed by atoms with Gasteiger partial charge in [0.15, 0.2) is 0 Å². The molecule has 24 heavy (non-hydrogen) atoms. The van der Waals surface area contributed by atoms with Gasteiger partial charge < -0.3 is 4.90 Å². The normalized spacial score (nSPS) is 16.0. The average Bonchev–Trinajstić information content (AvgIpc) is 3.10. The number of piperidine rings is 1. The molecule has 0 bridgehead atoms. The van der Waals surface area contributed by atoms with E-state index in [1.165, 1.54) is 0 Å². The van der Waals surface area contributed by atoms with E-state index in [4.69, 9.17) is 11.6 Å². The largest absolute Gasteiger partial charge is 0.342 e. The van der Waals surface area contributed by atoms with Gasteiger partial charge in [0.1, 0.15) is 0 Å². The van der Waals surface area contributed by atoms with Crippen LogP contribution in [0.2, 0.25) is 5.02 Å². The lowest BCUT2D eigenvalue weighted by atomic mass is 9.93. The van der Waals surface area contributed by atoms with E-state index in [1.807, 2.05) is 48.2 Å². The summed E-state index contributed by atoms with van der Waals surface area (Å²) in [6.45, 7) is 3.55. The molecule has 5 heteroatoms. The molecule has 0 unspecified atom stereocenters. The van der Waals surface area contributed by atoms with Crippen molar-refractivity contribution in [3.05, 3.63) is 53.2 Å². The summed E-state index contributed by atoms with van der Waals surface area (Å²) in [7, 11) is 0. The quantitative estimate of drug-likeness (QED) is 0.836. The molecule has 4 nitrogen and oxygen atoms in total. The fourth-order valence-electron chi connectivity index (χ4n) is 3.14. The van der Waals surface area contributed by atoms with Gasteiger partial charge in [0.05, 0.1) is 10.7 Å². The highest BCUT2D eigenvalue weighted by atomic mass is 35.5. The number of rotatable bonds is 4. The van der Waals surface area contributed by atoms with Gasteiger partial charge in [-0.2, -0.15) is 5.10 Å². The molecule has 1 aromatic carbocycles. The van der Waals surface area contributed by atoms with E-state index in [9.17, 15) is 4.79 Å². The minimum atomic E-state index is 0.216. The van der Waals surface area contributed by atoms with Crippen molar-refractivity contribution in [2.75, 3.05) is 13.1 Å². The molecular formula is C19H22ClN3O. The van der Waals surface area contributed by atoms with Crippen LogP contribution in [0.25, 0.3) is 11.3 Å². The van der Waals surface area contributed by atoms with Gasteiger partial charge in [-0.05, 0) is 31.9 Å². The Morgan fingerprint density at radius 3 is 2.83 bits per heavy atom. The number of aromatic nitrogens is 2. The summed E-state index contributed by atoms with van der Waals surface area (Å²) in [6, 6.07) is 9.82. The number of carbonyl (C=O) groups is 1. The molecule has 1 saturated heterocycles.